The molecule has 0 radical (unpaired) electrons. The van der Waals surface area contributed by atoms with Crippen LogP contribution in [0, 0.1) is 0 Å². The van der Waals surface area contributed by atoms with Gasteiger partial charge in [-0.3, -0.25) is 4.99 Å². The zero-order valence-electron chi connectivity index (χ0n) is 17.2. The molecular weight excluding hydrogens is 428 g/mol. The Balaban J connectivity index is 1.68. The predicted molar refractivity (Wildman–Crippen MR) is 124 cm³/mol. The molecule has 1 N–H and O–H groups in total. The minimum Gasteiger partial charge on any atom is -0.478 e. The highest BCUT2D eigenvalue weighted by Gasteiger charge is 2.11. The lowest BCUT2D eigenvalue weighted by Gasteiger charge is -2.07. The highest BCUT2D eigenvalue weighted by atomic mass is 35.5. The molecule has 6 nitrogen and oxygen atoms in total. The minimum absolute atomic E-state index is 0.00855. The first-order valence-electron chi connectivity index (χ1n) is 9.78. The van der Waals surface area contributed by atoms with Crippen LogP contribution in [-0.4, -0.2) is 34.9 Å². The molecule has 0 spiro atoms. The Morgan fingerprint density at radius 2 is 1.91 bits per heavy atom. The van der Waals surface area contributed by atoms with Crippen molar-refractivity contribution in [3.63, 3.8) is 0 Å². The number of hydrogen-bond donors (Lipinski definition) is 1. The summed E-state index contributed by atoms with van der Waals surface area (Å²) in [6.45, 7) is 0.559. The van der Waals surface area contributed by atoms with E-state index in [1.807, 2.05) is 48.7 Å². The van der Waals surface area contributed by atoms with Gasteiger partial charge in [-0.25, -0.2) is 9.59 Å². The Hall–Kier alpha value is -3.90. The number of hydrogen-bond acceptors (Lipinski definition) is 4. The molecule has 0 aliphatic rings. The first-order chi connectivity index (χ1) is 15.5. The van der Waals surface area contributed by atoms with Gasteiger partial charge in [0, 0.05) is 35.4 Å². The molecule has 4 aromatic rings. The SMILES string of the molecule is COC(=O)c1cccc(Cn2cc(C=Nc3ccc(Cl)c(C(=O)O)c3)c3ccccc32)c1. The van der Waals surface area contributed by atoms with E-state index in [0.717, 1.165) is 22.0 Å². The van der Waals surface area contributed by atoms with Crippen LogP contribution in [0.5, 0.6) is 0 Å². The zero-order chi connectivity index (χ0) is 22.7. The number of halogens is 1. The molecule has 0 aliphatic heterocycles. The molecule has 1 heterocycles. The van der Waals surface area contributed by atoms with Crippen LogP contribution >= 0.6 is 11.6 Å². The van der Waals surface area contributed by atoms with E-state index in [1.54, 1.807) is 18.3 Å². The van der Waals surface area contributed by atoms with Crippen molar-refractivity contribution < 1.29 is 19.4 Å². The Morgan fingerprint density at radius 3 is 2.69 bits per heavy atom. The molecule has 0 amide bonds. The van der Waals surface area contributed by atoms with E-state index in [0.29, 0.717) is 17.8 Å². The van der Waals surface area contributed by atoms with Gasteiger partial charge in [-0.2, -0.15) is 0 Å². The number of aliphatic imine (C=N–C) groups is 1. The van der Waals surface area contributed by atoms with Crippen molar-refractivity contribution in [2.24, 2.45) is 4.99 Å². The number of methoxy groups -OCH3 is 1. The molecule has 7 heteroatoms. The second kappa shape index (κ2) is 9.08. The summed E-state index contributed by atoms with van der Waals surface area (Å²) in [6.07, 6.45) is 3.69. The van der Waals surface area contributed by atoms with E-state index in [9.17, 15) is 14.7 Å². The van der Waals surface area contributed by atoms with Crippen LogP contribution < -0.4 is 0 Å². The van der Waals surface area contributed by atoms with Crippen LogP contribution in [0.4, 0.5) is 5.69 Å². The molecule has 0 saturated heterocycles. The number of benzene rings is 3. The maximum Gasteiger partial charge on any atom is 0.337 e. The molecule has 0 fully saturated rings. The number of para-hydroxylation sites is 1. The highest BCUT2D eigenvalue weighted by molar-refractivity contribution is 6.33. The normalized spacial score (nSPS) is 11.2. The molecule has 3 aromatic carbocycles. The largest absolute Gasteiger partial charge is 0.478 e. The summed E-state index contributed by atoms with van der Waals surface area (Å²) >= 11 is 5.94. The standard InChI is InChI=1S/C25H19ClN2O4/c1-32-25(31)17-6-4-5-16(11-17)14-28-15-18(20-7-2-3-8-23(20)28)13-27-19-9-10-22(26)21(12-19)24(29)30/h2-13,15H,14H2,1H3,(H,29,30). The van der Waals surface area contributed by atoms with Crippen molar-refractivity contribution in [2.45, 2.75) is 6.54 Å². The van der Waals surface area contributed by atoms with Gasteiger partial charge in [-0.15, -0.1) is 0 Å². The molecule has 0 aliphatic carbocycles. The van der Waals surface area contributed by atoms with E-state index >= 15 is 0 Å². The van der Waals surface area contributed by atoms with Crippen LogP contribution in [0.25, 0.3) is 10.9 Å². The molecule has 0 bridgehead atoms. The quantitative estimate of drug-likeness (QED) is 0.309. The van der Waals surface area contributed by atoms with Crippen LogP contribution in [0.2, 0.25) is 5.02 Å². The molecule has 0 atom stereocenters. The van der Waals surface area contributed by atoms with Gasteiger partial charge in [0.25, 0.3) is 0 Å². The summed E-state index contributed by atoms with van der Waals surface area (Å²) < 4.78 is 6.89. The molecule has 1 aromatic heterocycles. The monoisotopic (exact) mass is 446 g/mol. The summed E-state index contributed by atoms with van der Waals surface area (Å²) in [5, 5.41) is 10.4. The number of rotatable bonds is 6. The maximum atomic E-state index is 11.9. The van der Waals surface area contributed by atoms with Crippen LogP contribution in [-0.2, 0) is 11.3 Å². The Bertz CT molecular complexity index is 1360. The van der Waals surface area contributed by atoms with Gasteiger partial charge < -0.3 is 14.4 Å². The van der Waals surface area contributed by atoms with Gasteiger partial charge in [0.1, 0.15) is 0 Å². The maximum absolute atomic E-state index is 11.9. The lowest BCUT2D eigenvalue weighted by Crippen LogP contribution is -2.03. The van der Waals surface area contributed by atoms with Crippen LogP contribution in [0.3, 0.4) is 0 Å². The number of carbonyl (C=O) groups is 2. The fourth-order valence-electron chi connectivity index (χ4n) is 3.52. The molecule has 4 rings (SSSR count). The summed E-state index contributed by atoms with van der Waals surface area (Å²) in [6, 6.07) is 19.9. The number of ether oxygens (including phenoxy) is 1. The fourth-order valence-corrected chi connectivity index (χ4v) is 3.72. The fraction of sp³-hybridized carbons (Fsp3) is 0.0800. The summed E-state index contributed by atoms with van der Waals surface area (Å²) in [5.41, 5.74) is 3.86. The van der Waals surface area contributed by atoms with Crippen molar-refractivity contribution in [3.8, 4) is 0 Å². The van der Waals surface area contributed by atoms with Crippen molar-refractivity contribution in [1.29, 1.82) is 0 Å². The number of carboxylic acid groups (broad SMARTS) is 1. The molecule has 160 valence electrons. The number of aromatic nitrogens is 1. The lowest BCUT2D eigenvalue weighted by molar-refractivity contribution is 0.0599. The van der Waals surface area contributed by atoms with Gasteiger partial charge in [0.2, 0.25) is 0 Å². The number of fused-ring (bicyclic) bond motifs is 1. The van der Waals surface area contributed by atoms with Crippen molar-refractivity contribution >= 4 is 46.3 Å². The van der Waals surface area contributed by atoms with E-state index in [4.69, 9.17) is 16.3 Å². The summed E-state index contributed by atoms with van der Waals surface area (Å²) in [7, 11) is 1.36. The molecule has 0 unspecified atom stereocenters. The third kappa shape index (κ3) is 4.40. The van der Waals surface area contributed by atoms with Gasteiger partial charge in [0.15, 0.2) is 0 Å². The average Bonchev–Trinajstić information content (AvgIpc) is 3.15. The number of aromatic carboxylic acids is 1. The first kappa shape index (κ1) is 21.3. The van der Waals surface area contributed by atoms with E-state index in [-0.39, 0.29) is 16.6 Å². The zero-order valence-corrected chi connectivity index (χ0v) is 17.9. The minimum atomic E-state index is -1.10. The Morgan fingerprint density at radius 1 is 1.09 bits per heavy atom. The van der Waals surface area contributed by atoms with Crippen molar-refractivity contribution in [1.82, 2.24) is 4.57 Å². The van der Waals surface area contributed by atoms with Crippen LogP contribution in [0.15, 0.2) is 77.9 Å². The molecule has 0 saturated carbocycles. The second-order valence-corrected chi connectivity index (χ2v) is 7.56. The predicted octanol–water partition coefficient (Wildman–Crippen LogP) is 5.58. The van der Waals surface area contributed by atoms with Gasteiger partial charge >= 0.3 is 11.9 Å². The van der Waals surface area contributed by atoms with Gasteiger partial charge in [0.05, 0.1) is 28.9 Å². The number of carbonyl (C=O) groups excluding carboxylic acids is 1. The smallest absolute Gasteiger partial charge is 0.337 e. The highest BCUT2D eigenvalue weighted by Crippen LogP contribution is 2.25. The van der Waals surface area contributed by atoms with Gasteiger partial charge in [-0.1, -0.05) is 41.9 Å². The van der Waals surface area contributed by atoms with E-state index < -0.39 is 5.97 Å². The average molecular weight is 447 g/mol. The van der Waals surface area contributed by atoms with Crippen LogP contribution in [0.1, 0.15) is 31.8 Å². The molecule has 32 heavy (non-hydrogen) atoms. The summed E-state index contributed by atoms with van der Waals surface area (Å²) in [5.74, 6) is -1.47. The second-order valence-electron chi connectivity index (χ2n) is 7.15. The first-order valence-corrected chi connectivity index (χ1v) is 10.2. The number of carboxylic acids is 1. The number of esters is 1. The topological polar surface area (TPSA) is 80.9 Å². The number of nitrogens with zero attached hydrogens (tertiary/aromatic N) is 2. The van der Waals surface area contributed by atoms with E-state index in [1.165, 1.54) is 19.2 Å². The van der Waals surface area contributed by atoms with Crippen molar-refractivity contribution in [2.75, 3.05) is 7.11 Å². The van der Waals surface area contributed by atoms with E-state index in [2.05, 4.69) is 9.56 Å². The molecular formula is C25H19ClN2O4. The Kier molecular flexibility index (Phi) is 6.05. The van der Waals surface area contributed by atoms with Gasteiger partial charge in [-0.05, 0) is 42.0 Å². The van der Waals surface area contributed by atoms with Crippen molar-refractivity contribution in [3.05, 3.63) is 100 Å². The lowest BCUT2D eigenvalue weighted by atomic mass is 10.1. The third-order valence-corrected chi connectivity index (χ3v) is 5.38. The Labute approximate surface area is 189 Å². The summed E-state index contributed by atoms with van der Waals surface area (Å²) in [4.78, 5) is 27.6. The third-order valence-electron chi connectivity index (χ3n) is 5.05.